The van der Waals surface area contributed by atoms with Gasteiger partial charge in [-0.2, -0.15) is 0 Å². The fraction of sp³-hybridized carbons (Fsp3) is 0.185. The average molecular weight is 506 g/mol. The number of nitrogens with zero attached hydrogens (tertiary/aromatic N) is 1. The van der Waals surface area contributed by atoms with Crippen molar-refractivity contribution in [3.8, 4) is 5.75 Å². The summed E-state index contributed by atoms with van der Waals surface area (Å²) in [5.74, 6) is 0.0430. The number of carbonyl (C=O) groups is 1. The summed E-state index contributed by atoms with van der Waals surface area (Å²) in [6.07, 6.45) is 1.33. The number of ether oxygens (including phenoxy) is 1. The van der Waals surface area contributed by atoms with E-state index in [2.05, 4.69) is 10.3 Å². The quantitative estimate of drug-likeness (QED) is 0.376. The summed E-state index contributed by atoms with van der Waals surface area (Å²) in [7, 11) is -2.41. The highest BCUT2D eigenvalue weighted by atomic mass is 32.2. The zero-order valence-corrected chi connectivity index (χ0v) is 21.1. The molecule has 4 aromatic rings. The molecule has 0 atom stereocenters. The molecule has 0 aliphatic heterocycles. The summed E-state index contributed by atoms with van der Waals surface area (Å²) >= 11 is 0. The Morgan fingerprint density at radius 3 is 2.56 bits per heavy atom. The standard InChI is InChI=1S/C27H27N3O5S/c1-4-30(20-10-7-8-18(2)14-20)36(33,34)21-12-13-24-22(15-21)26(31)23(17-28-24)27(32)29-16-19-9-5-6-11-25(19)35-3/h5-15,17H,4,16H2,1-3H3,(H,28,31)(H,29,32). The lowest BCUT2D eigenvalue weighted by molar-refractivity contribution is 0.0949. The van der Waals surface area contributed by atoms with Gasteiger partial charge in [-0.3, -0.25) is 13.9 Å². The van der Waals surface area contributed by atoms with Gasteiger partial charge in [-0.25, -0.2) is 8.42 Å². The fourth-order valence-corrected chi connectivity index (χ4v) is 5.54. The maximum absolute atomic E-state index is 13.5. The summed E-state index contributed by atoms with van der Waals surface area (Å²) in [5.41, 5.74) is 1.99. The van der Waals surface area contributed by atoms with E-state index in [4.69, 9.17) is 4.74 Å². The van der Waals surface area contributed by atoms with Crippen molar-refractivity contribution in [2.24, 2.45) is 0 Å². The molecule has 0 spiro atoms. The Hall–Kier alpha value is -4.11. The molecule has 0 bridgehead atoms. The number of hydrogen-bond donors (Lipinski definition) is 2. The van der Waals surface area contributed by atoms with Gasteiger partial charge in [0.2, 0.25) is 5.43 Å². The normalized spacial score (nSPS) is 11.3. The number of H-pyrrole nitrogens is 1. The molecule has 186 valence electrons. The molecule has 1 amide bonds. The number of anilines is 1. The maximum Gasteiger partial charge on any atom is 0.264 e. The fourth-order valence-electron chi connectivity index (χ4n) is 4.05. The van der Waals surface area contributed by atoms with Crippen LogP contribution in [0.4, 0.5) is 5.69 Å². The number of nitrogens with one attached hydrogen (secondary N) is 2. The predicted molar refractivity (Wildman–Crippen MR) is 140 cm³/mol. The topological polar surface area (TPSA) is 109 Å². The number of aromatic nitrogens is 1. The first-order chi connectivity index (χ1) is 17.3. The van der Waals surface area contributed by atoms with Crippen molar-refractivity contribution in [1.82, 2.24) is 10.3 Å². The van der Waals surface area contributed by atoms with E-state index in [1.54, 1.807) is 38.3 Å². The van der Waals surface area contributed by atoms with Crippen LogP contribution in [0.3, 0.4) is 0 Å². The molecule has 2 N–H and O–H groups in total. The summed E-state index contributed by atoms with van der Waals surface area (Å²) in [6, 6.07) is 18.7. The largest absolute Gasteiger partial charge is 0.496 e. The maximum atomic E-state index is 13.5. The van der Waals surface area contributed by atoms with E-state index in [0.29, 0.717) is 17.0 Å². The van der Waals surface area contributed by atoms with Crippen LogP contribution in [-0.2, 0) is 16.6 Å². The van der Waals surface area contributed by atoms with Crippen molar-refractivity contribution in [3.05, 3.63) is 99.8 Å². The number of methoxy groups -OCH3 is 1. The second kappa shape index (κ2) is 10.2. The number of fused-ring (bicyclic) bond motifs is 1. The van der Waals surface area contributed by atoms with E-state index in [9.17, 15) is 18.0 Å². The van der Waals surface area contributed by atoms with E-state index in [1.165, 1.54) is 28.7 Å². The molecule has 3 aromatic carbocycles. The Morgan fingerprint density at radius 1 is 1.06 bits per heavy atom. The molecule has 0 saturated carbocycles. The minimum absolute atomic E-state index is 0.0320. The molecule has 36 heavy (non-hydrogen) atoms. The first kappa shape index (κ1) is 25.0. The summed E-state index contributed by atoms with van der Waals surface area (Å²) in [4.78, 5) is 29.0. The smallest absolute Gasteiger partial charge is 0.264 e. The predicted octanol–water partition coefficient (Wildman–Crippen LogP) is 3.99. The number of benzene rings is 3. The Labute approximate surface area is 209 Å². The molecule has 4 rings (SSSR count). The van der Waals surface area contributed by atoms with Crippen LogP contribution in [0.25, 0.3) is 10.9 Å². The highest BCUT2D eigenvalue weighted by Crippen LogP contribution is 2.26. The lowest BCUT2D eigenvalue weighted by Crippen LogP contribution is -2.31. The highest BCUT2D eigenvalue weighted by molar-refractivity contribution is 7.92. The van der Waals surface area contributed by atoms with Gasteiger partial charge in [0, 0.05) is 35.8 Å². The van der Waals surface area contributed by atoms with E-state index < -0.39 is 21.4 Å². The van der Waals surface area contributed by atoms with Crippen LogP contribution in [0, 0.1) is 6.92 Å². The number of hydrogen-bond acceptors (Lipinski definition) is 5. The van der Waals surface area contributed by atoms with Gasteiger partial charge in [0.05, 0.1) is 17.7 Å². The van der Waals surface area contributed by atoms with Gasteiger partial charge in [0.25, 0.3) is 15.9 Å². The van der Waals surface area contributed by atoms with Crippen LogP contribution >= 0.6 is 0 Å². The molecule has 0 fully saturated rings. The zero-order valence-electron chi connectivity index (χ0n) is 20.2. The van der Waals surface area contributed by atoms with Crippen LogP contribution in [0.5, 0.6) is 5.75 Å². The lowest BCUT2D eigenvalue weighted by Gasteiger charge is -2.23. The van der Waals surface area contributed by atoms with Gasteiger partial charge in [0.1, 0.15) is 11.3 Å². The van der Waals surface area contributed by atoms with Crippen molar-refractivity contribution in [2.45, 2.75) is 25.3 Å². The summed E-state index contributed by atoms with van der Waals surface area (Å²) < 4.78 is 33.6. The van der Waals surface area contributed by atoms with E-state index >= 15 is 0 Å². The number of para-hydroxylation sites is 1. The molecule has 1 aromatic heterocycles. The second-order valence-electron chi connectivity index (χ2n) is 8.24. The number of amides is 1. The Bertz CT molecular complexity index is 1590. The molecule has 0 radical (unpaired) electrons. The minimum Gasteiger partial charge on any atom is -0.496 e. The van der Waals surface area contributed by atoms with Crippen molar-refractivity contribution in [3.63, 3.8) is 0 Å². The summed E-state index contributed by atoms with van der Waals surface area (Å²) in [5, 5.41) is 2.84. The molecule has 9 heteroatoms. The summed E-state index contributed by atoms with van der Waals surface area (Å²) in [6.45, 7) is 4.01. The Morgan fingerprint density at radius 2 is 1.83 bits per heavy atom. The lowest BCUT2D eigenvalue weighted by atomic mass is 10.1. The van der Waals surface area contributed by atoms with Crippen LogP contribution < -0.4 is 19.8 Å². The number of carbonyl (C=O) groups excluding carboxylic acids is 1. The van der Waals surface area contributed by atoms with Gasteiger partial charge in [-0.05, 0) is 55.8 Å². The van der Waals surface area contributed by atoms with E-state index in [0.717, 1.165) is 11.1 Å². The van der Waals surface area contributed by atoms with Gasteiger partial charge >= 0.3 is 0 Å². The van der Waals surface area contributed by atoms with Gasteiger partial charge in [-0.15, -0.1) is 0 Å². The number of rotatable bonds is 8. The van der Waals surface area contributed by atoms with Crippen LogP contribution in [0.1, 0.15) is 28.4 Å². The molecule has 1 heterocycles. The molecule has 8 nitrogen and oxygen atoms in total. The third-order valence-electron chi connectivity index (χ3n) is 5.89. The third kappa shape index (κ3) is 4.83. The first-order valence-electron chi connectivity index (χ1n) is 11.4. The van der Waals surface area contributed by atoms with Crippen LogP contribution in [0.2, 0.25) is 0 Å². The first-order valence-corrected chi connectivity index (χ1v) is 12.8. The van der Waals surface area contributed by atoms with Gasteiger partial charge in [-0.1, -0.05) is 30.3 Å². The SMILES string of the molecule is CCN(c1cccc(C)c1)S(=O)(=O)c1ccc2[nH]cc(C(=O)NCc3ccccc3OC)c(=O)c2c1. The third-order valence-corrected chi connectivity index (χ3v) is 7.79. The molecule has 0 aliphatic rings. The molecular formula is C27H27N3O5S. The van der Waals surface area contributed by atoms with Gasteiger partial charge < -0.3 is 15.0 Å². The minimum atomic E-state index is -3.95. The van der Waals surface area contributed by atoms with Crippen molar-refractivity contribution < 1.29 is 17.9 Å². The number of sulfonamides is 1. The van der Waals surface area contributed by atoms with Crippen LogP contribution in [-0.4, -0.2) is 33.0 Å². The van der Waals surface area contributed by atoms with Crippen molar-refractivity contribution >= 4 is 32.5 Å². The number of aryl methyl sites for hydroxylation is 1. The van der Waals surface area contributed by atoms with Crippen molar-refractivity contribution in [1.29, 1.82) is 0 Å². The number of pyridine rings is 1. The van der Waals surface area contributed by atoms with Crippen LogP contribution in [0.15, 0.2) is 82.6 Å². The number of aromatic amines is 1. The Kier molecular flexibility index (Phi) is 7.12. The molecular weight excluding hydrogens is 478 g/mol. The zero-order chi connectivity index (χ0) is 25.9. The molecule has 0 saturated heterocycles. The molecule has 0 unspecified atom stereocenters. The average Bonchev–Trinajstić information content (AvgIpc) is 2.88. The van der Waals surface area contributed by atoms with E-state index in [-0.39, 0.29) is 28.9 Å². The Balaban J connectivity index is 1.68. The molecule has 0 aliphatic carbocycles. The monoisotopic (exact) mass is 505 g/mol. The highest BCUT2D eigenvalue weighted by Gasteiger charge is 2.25. The van der Waals surface area contributed by atoms with E-state index in [1.807, 2.05) is 31.2 Å². The van der Waals surface area contributed by atoms with Gasteiger partial charge in [0.15, 0.2) is 0 Å². The van der Waals surface area contributed by atoms with Crippen molar-refractivity contribution in [2.75, 3.05) is 18.0 Å². The second-order valence-corrected chi connectivity index (χ2v) is 10.1.